The first kappa shape index (κ1) is 19.1. The molecule has 3 rings (SSSR count). The Hall–Kier alpha value is -3.68. The third-order valence-corrected chi connectivity index (χ3v) is 4.02. The fraction of sp³-hybridized carbons (Fsp3) is 0.200. The fourth-order valence-corrected chi connectivity index (χ4v) is 2.55. The van der Waals surface area contributed by atoms with Crippen molar-refractivity contribution in [3.05, 3.63) is 76.6 Å². The van der Waals surface area contributed by atoms with Gasteiger partial charge >= 0.3 is 0 Å². The molecule has 0 radical (unpaired) electrons. The van der Waals surface area contributed by atoms with Crippen LogP contribution in [-0.4, -0.2) is 27.2 Å². The number of unbranched alkanes of at least 4 members (excludes halogenated alkanes) is 1. The fourth-order valence-electron chi connectivity index (χ4n) is 2.55. The zero-order valence-electron chi connectivity index (χ0n) is 15.4. The molecule has 0 saturated heterocycles. The summed E-state index contributed by atoms with van der Waals surface area (Å²) >= 11 is 0. The van der Waals surface area contributed by atoms with Crippen LogP contribution in [-0.2, 0) is 0 Å². The lowest BCUT2D eigenvalue weighted by Crippen LogP contribution is -2.14. The minimum Gasteiger partial charge on any atom is -0.491 e. The molecule has 0 unspecified atom stereocenters. The van der Waals surface area contributed by atoms with Crippen LogP contribution in [0.4, 0.5) is 11.4 Å². The van der Waals surface area contributed by atoms with E-state index in [2.05, 4.69) is 17.3 Å². The van der Waals surface area contributed by atoms with Crippen LogP contribution in [0.25, 0.3) is 5.69 Å². The summed E-state index contributed by atoms with van der Waals surface area (Å²) in [5.41, 5.74) is 1.21. The van der Waals surface area contributed by atoms with Crippen molar-refractivity contribution in [2.24, 2.45) is 0 Å². The Morgan fingerprint density at radius 3 is 2.82 bits per heavy atom. The van der Waals surface area contributed by atoms with Crippen molar-refractivity contribution in [2.45, 2.75) is 19.8 Å². The summed E-state index contributed by atoms with van der Waals surface area (Å²) in [5, 5.41) is 18.0. The van der Waals surface area contributed by atoms with Crippen LogP contribution < -0.4 is 10.1 Å². The summed E-state index contributed by atoms with van der Waals surface area (Å²) in [7, 11) is 0. The van der Waals surface area contributed by atoms with Gasteiger partial charge in [0.25, 0.3) is 11.6 Å². The Morgan fingerprint density at radius 1 is 1.21 bits per heavy atom. The summed E-state index contributed by atoms with van der Waals surface area (Å²) in [4.78, 5) is 23.0. The van der Waals surface area contributed by atoms with Crippen molar-refractivity contribution in [3.63, 3.8) is 0 Å². The maximum Gasteiger partial charge on any atom is 0.276 e. The van der Waals surface area contributed by atoms with Crippen LogP contribution in [0.1, 0.15) is 30.3 Å². The Balaban J connectivity index is 1.75. The molecule has 0 fully saturated rings. The highest BCUT2D eigenvalue weighted by molar-refractivity contribution is 6.03. The number of nitro groups is 1. The summed E-state index contributed by atoms with van der Waals surface area (Å²) in [6, 6.07) is 14.8. The lowest BCUT2D eigenvalue weighted by molar-refractivity contribution is -0.384. The topological polar surface area (TPSA) is 99.3 Å². The molecule has 3 aromatic rings. The van der Waals surface area contributed by atoms with Gasteiger partial charge in [-0.2, -0.15) is 5.10 Å². The van der Waals surface area contributed by atoms with E-state index < -0.39 is 10.8 Å². The Bertz CT molecular complexity index is 984. The zero-order chi connectivity index (χ0) is 19.9. The molecule has 0 aliphatic heterocycles. The number of aromatic nitrogens is 2. The van der Waals surface area contributed by atoms with E-state index in [1.165, 1.54) is 16.8 Å². The predicted octanol–water partition coefficient (Wildman–Crippen LogP) is 4.21. The van der Waals surface area contributed by atoms with Crippen molar-refractivity contribution in [1.82, 2.24) is 9.78 Å². The van der Waals surface area contributed by atoms with E-state index in [-0.39, 0.29) is 11.4 Å². The van der Waals surface area contributed by atoms with Gasteiger partial charge in [0, 0.05) is 18.3 Å². The second-order valence-electron chi connectivity index (χ2n) is 6.07. The predicted molar refractivity (Wildman–Crippen MR) is 105 cm³/mol. The molecule has 8 nitrogen and oxygen atoms in total. The van der Waals surface area contributed by atoms with E-state index in [4.69, 9.17) is 4.74 Å². The summed E-state index contributed by atoms with van der Waals surface area (Å²) < 4.78 is 7.14. The van der Waals surface area contributed by atoms with Crippen LogP contribution in [0.15, 0.2) is 60.8 Å². The minimum atomic E-state index is -0.476. The number of amides is 1. The average molecular weight is 380 g/mol. The van der Waals surface area contributed by atoms with Crippen molar-refractivity contribution in [1.29, 1.82) is 0 Å². The second-order valence-corrected chi connectivity index (χ2v) is 6.07. The van der Waals surface area contributed by atoms with Crippen LogP contribution in [0.2, 0.25) is 0 Å². The molecule has 0 aliphatic carbocycles. The SMILES string of the molecule is CCCCOc1ccccc1NC(=O)c1ccn(-c2cccc([N+](=O)[O-])c2)n1. The largest absolute Gasteiger partial charge is 0.491 e. The number of anilines is 1. The first-order valence-corrected chi connectivity index (χ1v) is 8.92. The normalized spacial score (nSPS) is 10.5. The number of non-ortho nitro benzene ring substituents is 1. The standard InChI is InChI=1S/C20H20N4O4/c1-2-3-13-28-19-10-5-4-9-17(19)21-20(25)18-11-12-23(22-18)15-7-6-8-16(14-15)24(26)27/h4-12,14H,2-3,13H2,1H3,(H,21,25). The molecule has 0 spiro atoms. The number of ether oxygens (including phenoxy) is 1. The second kappa shape index (κ2) is 8.81. The van der Waals surface area contributed by atoms with E-state index in [1.807, 2.05) is 12.1 Å². The van der Waals surface area contributed by atoms with Crippen molar-refractivity contribution >= 4 is 17.3 Å². The van der Waals surface area contributed by atoms with Gasteiger partial charge in [0.1, 0.15) is 5.75 Å². The van der Waals surface area contributed by atoms with Crippen molar-refractivity contribution < 1.29 is 14.5 Å². The third-order valence-electron chi connectivity index (χ3n) is 4.02. The number of nitrogens with zero attached hydrogens (tertiary/aromatic N) is 3. The molecule has 1 aromatic heterocycles. The quantitative estimate of drug-likeness (QED) is 0.358. The number of nitrogens with one attached hydrogen (secondary N) is 1. The minimum absolute atomic E-state index is 0.0443. The monoisotopic (exact) mass is 380 g/mol. The van der Waals surface area contributed by atoms with Crippen LogP contribution in [0.5, 0.6) is 5.75 Å². The molecule has 0 atom stereocenters. The number of para-hydroxylation sites is 2. The van der Waals surface area contributed by atoms with E-state index in [0.717, 1.165) is 12.8 Å². The maximum absolute atomic E-state index is 12.6. The molecule has 1 N–H and O–H groups in total. The molecular weight excluding hydrogens is 360 g/mol. The first-order valence-electron chi connectivity index (χ1n) is 8.92. The highest BCUT2D eigenvalue weighted by atomic mass is 16.6. The van der Waals surface area contributed by atoms with Gasteiger partial charge in [-0.1, -0.05) is 31.5 Å². The van der Waals surface area contributed by atoms with Crippen LogP contribution in [0, 0.1) is 10.1 Å². The Morgan fingerprint density at radius 2 is 2.04 bits per heavy atom. The molecule has 0 bridgehead atoms. The van der Waals surface area contributed by atoms with Crippen LogP contribution >= 0.6 is 0 Å². The zero-order valence-corrected chi connectivity index (χ0v) is 15.4. The van der Waals surface area contributed by atoms with E-state index in [0.29, 0.717) is 23.7 Å². The smallest absolute Gasteiger partial charge is 0.276 e. The number of rotatable bonds is 8. The van der Waals surface area contributed by atoms with E-state index >= 15 is 0 Å². The number of benzene rings is 2. The molecule has 0 saturated carbocycles. The molecule has 1 amide bonds. The number of nitro benzene ring substituents is 1. The first-order chi connectivity index (χ1) is 13.6. The molecule has 2 aromatic carbocycles. The van der Waals surface area contributed by atoms with E-state index in [9.17, 15) is 14.9 Å². The molecule has 8 heteroatoms. The molecule has 0 aliphatic rings. The van der Waals surface area contributed by atoms with Gasteiger partial charge in [-0.25, -0.2) is 4.68 Å². The summed E-state index contributed by atoms with van der Waals surface area (Å²) in [6.45, 7) is 2.65. The van der Waals surface area contributed by atoms with Gasteiger partial charge in [-0.3, -0.25) is 14.9 Å². The van der Waals surface area contributed by atoms with Gasteiger partial charge in [-0.15, -0.1) is 0 Å². The van der Waals surface area contributed by atoms with Gasteiger partial charge in [-0.05, 0) is 30.7 Å². The summed E-state index contributed by atoms with van der Waals surface area (Å²) in [6.07, 6.45) is 3.52. The van der Waals surface area contributed by atoms with Crippen molar-refractivity contribution in [3.8, 4) is 11.4 Å². The number of carbonyl (C=O) groups excluding carboxylic acids is 1. The van der Waals surface area contributed by atoms with E-state index in [1.54, 1.807) is 36.5 Å². The van der Waals surface area contributed by atoms with Gasteiger partial charge < -0.3 is 10.1 Å². The van der Waals surface area contributed by atoms with Crippen LogP contribution in [0.3, 0.4) is 0 Å². The highest BCUT2D eigenvalue weighted by Crippen LogP contribution is 2.24. The maximum atomic E-state index is 12.6. The average Bonchev–Trinajstić information content (AvgIpc) is 3.20. The molecule has 144 valence electrons. The highest BCUT2D eigenvalue weighted by Gasteiger charge is 2.14. The summed E-state index contributed by atoms with van der Waals surface area (Å²) in [5.74, 6) is 0.207. The lowest BCUT2D eigenvalue weighted by atomic mass is 10.2. The lowest BCUT2D eigenvalue weighted by Gasteiger charge is -2.11. The molecule has 28 heavy (non-hydrogen) atoms. The Labute approximate surface area is 161 Å². The van der Waals surface area contributed by atoms with Gasteiger partial charge in [0.05, 0.1) is 22.9 Å². The Kier molecular flexibility index (Phi) is 6.01. The number of hydrogen-bond donors (Lipinski definition) is 1. The number of carbonyl (C=O) groups is 1. The molecular formula is C20H20N4O4. The third kappa shape index (κ3) is 4.53. The van der Waals surface area contributed by atoms with Gasteiger partial charge in [0.2, 0.25) is 0 Å². The number of hydrogen-bond acceptors (Lipinski definition) is 5. The van der Waals surface area contributed by atoms with Crippen molar-refractivity contribution in [2.75, 3.05) is 11.9 Å². The molecule has 1 heterocycles. The van der Waals surface area contributed by atoms with Gasteiger partial charge in [0.15, 0.2) is 5.69 Å².